The lowest BCUT2D eigenvalue weighted by Crippen LogP contribution is -2.54. The molecule has 2 aliphatic carbocycles. The Balaban J connectivity index is 1.59. The minimum absolute atomic E-state index is 0.108. The number of nitrogens with zero attached hydrogens (tertiary/aromatic N) is 1. The van der Waals surface area contributed by atoms with Gasteiger partial charge < -0.3 is 24.8 Å². The van der Waals surface area contributed by atoms with E-state index in [1.807, 2.05) is 11.0 Å². The molecular formula is C14H19NO5. The van der Waals surface area contributed by atoms with Crippen LogP contribution in [0.2, 0.25) is 0 Å². The summed E-state index contributed by atoms with van der Waals surface area (Å²) < 4.78 is 10.5. The molecule has 4 rings (SSSR count). The SMILES string of the molecule is COC1C=CC=C(O)C1C(O)N1CCCC12C1OC12O. The molecule has 1 spiro atoms. The predicted molar refractivity (Wildman–Crippen MR) is 68.6 cm³/mol. The Bertz CT molecular complexity index is 506. The van der Waals surface area contributed by atoms with Crippen LogP contribution in [0.1, 0.15) is 12.8 Å². The first-order chi connectivity index (χ1) is 9.56. The van der Waals surface area contributed by atoms with E-state index in [0.29, 0.717) is 6.54 Å². The number of aliphatic hydroxyl groups is 3. The highest BCUT2D eigenvalue weighted by molar-refractivity contribution is 5.41. The summed E-state index contributed by atoms with van der Waals surface area (Å²) in [6.45, 7) is 0.688. The van der Waals surface area contributed by atoms with E-state index in [2.05, 4.69) is 0 Å². The maximum atomic E-state index is 10.7. The molecule has 0 aromatic carbocycles. The third-order valence-electron chi connectivity index (χ3n) is 5.21. The van der Waals surface area contributed by atoms with E-state index in [1.165, 1.54) is 0 Å². The summed E-state index contributed by atoms with van der Waals surface area (Å²) in [5.41, 5.74) is -0.452. The van der Waals surface area contributed by atoms with Crippen molar-refractivity contribution in [3.8, 4) is 0 Å². The molecule has 6 heteroatoms. The number of ether oxygens (including phenoxy) is 2. The van der Waals surface area contributed by atoms with Crippen molar-refractivity contribution in [1.29, 1.82) is 0 Å². The largest absolute Gasteiger partial charge is 0.512 e. The normalized spacial score (nSPS) is 51.0. The fourth-order valence-electron chi connectivity index (χ4n) is 4.03. The van der Waals surface area contributed by atoms with Crippen LogP contribution >= 0.6 is 0 Å². The zero-order valence-electron chi connectivity index (χ0n) is 11.3. The van der Waals surface area contributed by atoms with Crippen molar-refractivity contribution >= 4 is 0 Å². The average Bonchev–Trinajstić information content (AvgIpc) is 3.15. The molecule has 6 atom stereocenters. The third kappa shape index (κ3) is 1.31. The maximum Gasteiger partial charge on any atom is 0.217 e. The Morgan fingerprint density at radius 1 is 1.55 bits per heavy atom. The number of likely N-dealkylation sites (tertiary alicyclic amines) is 1. The van der Waals surface area contributed by atoms with Crippen LogP contribution in [0, 0.1) is 5.92 Å². The van der Waals surface area contributed by atoms with E-state index in [1.54, 1.807) is 19.3 Å². The van der Waals surface area contributed by atoms with Gasteiger partial charge in [-0.1, -0.05) is 12.2 Å². The lowest BCUT2D eigenvalue weighted by Gasteiger charge is -2.39. The number of hydrogen-bond donors (Lipinski definition) is 3. The first-order valence-electron chi connectivity index (χ1n) is 7.01. The van der Waals surface area contributed by atoms with Crippen LogP contribution in [-0.4, -0.2) is 63.6 Å². The zero-order chi connectivity index (χ0) is 14.1. The maximum absolute atomic E-state index is 10.7. The highest BCUT2D eigenvalue weighted by atomic mass is 16.8. The molecule has 2 saturated heterocycles. The molecule has 0 amide bonds. The fourth-order valence-corrected chi connectivity index (χ4v) is 4.03. The minimum Gasteiger partial charge on any atom is -0.512 e. The molecule has 20 heavy (non-hydrogen) atoms. The van der Waals surface area contributed by atoms with Crippen molar-refractivity contribution in [1.82, 2.24) is 4.90 Å². The van der Waals surface area contributed by atoms with Crippen LogP contribution in [0.5, 0.6) is 0 Å². The number of allylic oxidation sites excluding steroid dienone is 2. The van der Waals surface area contributed by atoms with E-state index in [-0.39, 0.29) is 18.0 Å². The van der Waals surface area contributed by atoms with Crippen molar-refractivity contribution in [2.75, 3.05) is 13.7 Å². The number of epoxide rings is 1. The van der Waals surface area contributed by atoms with Gasteiger partial charge in [-0.2, -0.15) is 0 Å². The van der Waals surface area contributed by atoms with Gasteiger partial charge in [0.1, 0.15) is 23.6 Å². The Hall–Kier alpha value is -0.920. The summed E-state index contributed by atoms with van der Waals surface area (Å²) in [5, 5.41) is 31.0. The molecule has 3 fully saturated rings. The molecule has 1 saturated carbocycles. The van der Waals surface area contributed by atoms with Crippen LogP contribution in [0.3, 0.4) is 0 Å². The smallest absolute Gasteiger partial charge is 0.217 e. The molecule has 4 aliphatic rings. The number of methoxy groups -OCH3 is 1. The Morgan fingerprint density at radius 3 is 2.90 bits per heavy atom. The van der Waals surface area contributed by atoms with E-state index >= 15 is 0 Å². The van der Waals surface area contributed by atoms with E-state index in [0.717, 1.165) is 12.8 Å². The van der Waals surface area contributed by atoms with Gasteiger partial charge in [0.2, 0.25) is 5.79 Å². The Kier molecular flexibility index (Phi) is 2.45. The van der Waals surface area contributed by atoms with Gasteiger partial charge in [0.15, 0.2) is 0 Å². The molecule has 0 bridgehead atoms. The van der Waals surface area contributed by atoms with Gasteiger partial charge >= 0.3 is 0 Å². The summed E-state index contributed by atoms with van der Waals surface area (Å²) in [6, 6.07) is 0. The lowest BCUT2D eigenvalue weighted by molar-refractivity contribution is -0.152. The zero-order valence-corrected chi connectivity index (χ0v) is 11.3. The highest BCUT2D eigenvalue weighted by Gasteiger charge is 2.96. The number of rotatable bonds is 3. The van der Waals surface area contributed by atoms with E-state index in [9.17, 15) is 15.3 Å². The number of aliphatic hydroxyl groups excluding tert-OH is 2. The average molecular weight is 281 g/mol. The van der Waals surface area contributed by atoms with E-state index in [4.69, 9.17) is 9.47 Å². The second-order valence-corrected chi connectivity index (χ2v) is 6.03. The Morgan fingerprint density at radius 2 is 2.30 bits per heavy atom. The van der Waals surface area contributed by atoms with Crippen LogP contribution in [0.4, 0.5) is 0 Å². The van der Waals surface area contributed by atoms with Gasteiger partial charge in [0.05, 0.1) is 12.0 Å². The third-order valence-corrected chi connectivity index (χ3v) is 5.21. The molecule has 2 aliphatic heterocycles. The second-order valence-electron chi connectivity index (χ2n) is 6.03. The molecule has 2 heterocycles. The van der Waals surface area contributed by atoms with Crippen molar-refractivity contribution in [2.24, 2.45) is 5.92 Å². The summed E-state index contributed by atoms with van der Waals surface area (Å²) in [7, 11) is 1.55. The monoisotopic (exact) mass is 281 g/mol. The summed E-state index contributed by atoms with van der Waals surface area (Å²) in [6.07, 6.45) is 5.37. The molecular weight excluding hydrogens is 262 g/mol. The van der Waals surface area contributed by atoms with Crippen molar-refractivity contribution < 1.29 is 24.8 Å². The molecule has 0 aromatic heterocycles. The van der Waals surface area contributed by atoms with Crippen LogP contribution in [-0.2, 0) is 9.47 Å². The molecule has 6 unspecified atom stereocenters. The molecule has 0 aromatic rings. The van der Waals surface area contributed by atoms with Crippen LogP contribution in [0.25, 0.3) is 0 Å². The fraction of sp³-hybridized carbons (Fsp3) is 0.714. The van der Waals surface area contributed by atoms with Gasteiger partial charge in [0.25, 0.3) is 0 Å². The highest BCUT2D eigenvalue weighted by Crippen LogP contribution is 2.73. The van der Waals surface area contributed by atoms with Crippen LogP contribution in [0.15, 0.2) is 24.0 Å². The minimum atomic E-state index is -1.07. The topological polar surface area (TPSA) is 85.7 Å². The van der Waals surface area contributed by atoms with Gasteiger partial charge in [-0.3, -0.25) is 4.90 Å². The molecule has 3 N–H and O–H groups in total. The summed E-state index contributed by atoms with van der Waals surface area (Å²) in [4.78, 5) is 1.88. The molecule has 0 radical (unpaired) electrons. The molecule has 6 nitrogen and oxygen atoms in total. The van der Waals surface area contributed by atoms with Gasteiger partial charge in [-0.25, -0.2) is 0 Å². The van der Waals surface area contributed by atoms with Gasteiger partial charge in [-0.15, -0.1) is 0 Å². The predicted octanol–water partition coefficient (Wildman–Crippen LogP) is -0.117. The van der Waals surface area contributed by atoms with Crippen molar-refractivity contribution in [3.05, 3.63) is 24.0 Å². The summed E-state index contributed by atoms with van der Waals surface area (Å²) >= 11 is 0. The standard InChI is InChI=1S/C14H19NO5/c1-19-9-5-2-4-8(16)10(9)11(17)15-7-3-6-13(15)12-14(13,18)20-12/h2,4-5,9-12,16-18H,3,6-7H2,1H3. The molecule has 110 valence electrons. The van der Waals surface area contributed by atoms with Gasteiger partial charge in [-0.05, 0) is 18.9 Å². The van der Waals surface area contributed by atoms with Crippen molar-refractivity contribution in [2.45, 2.75) is 42.6 Å². The van der Waals surface area contributed by atoms with E-state index < -0.39 is 23.5 Å². The first-order valence-corrected chi connectivity index (χ1v) is 7.01. The Labute approximate surface area is 116 Å². The second kappa shape index (κ2) is 3.84. The summed E-state index contributed by atoms with van der Waals surface area (Å²) in [5.74, 6) is -1.50. The quantitative estimate of drug-likeness (QED) is 0.626. The van der Waals surface area contributed by atoms with Crippen LogP contribution < -0.4 is 0 Å². The number of fused-ring (bicyclic) bond motifs is 3. The first kappa shape index (κ1) is 12.8. The van der Waals surface area contributed by atoms with Gasteiger partial charge in [0, 0.05) is 13.7 Å². The van der Waals surface area contributed by atoms with Crippen molar-refractivity contribution in [3.63, 3.8) is 0 Å². The number of hydrogen-bond acceptors (Lipinski definition) is 6. The lowest BCUT2D eigenvalue weighted by atomic mass is 9.92.